The zero-order chi connectivity index (χ0) is 14.3. The molecule has 1 aromatic carbocycles. The summed E-state index contributed by atoms with van der Waals surface area (Å²) in [6.45, 7) is -1.33. The van der Waals surface area contributed by atoms with Crippen LogP contribution in [0.3, 0.4) is 0 Å². The number of benzene rings is 1. The van der Waals surface area contributed by atoms with Gasteiger partial charge >= 0.3 is 6.18 Å². The van der Waals surface area contributed by atoms with Crippen molar-refractivity contribution in [3.63, 3.8) is 0 Å². The Morgan fingerprint density at radius 3 is 2.53 bits per heavy atom. The summed E-state index contributed by atoms with van der Waals surface area (Å²) in [4.78, 5) is 0. The number of aliphatic hydroxyl groups excluding tert-OH is 1. The van der Waals surface area contributed by atoms with Crippen molar-refractivity contribution in [2.75, 3.05) is 13.2 Å². The molecule has 106 valence electrons. The van der Waals surface area contributed by atoms with Crippen LogP contribution >= 0.6 is 0 Å². The predicted octanol–water partition coefficient (Wildman–Crippen LogP) is 1.55. The van der Waals surface area contributed by atoms with Crippen molar-refractivity contribution in [2.45, 2.75) is 17.8 Å². The third-order valence-corrected chi connectivity index (χ3v) is 3.42. The smallest absolute Gasteiger partial charge is 0.396 e. The highest BCUT2D eigenvalue weighted by Crippen LogP contribution is 2.44. The van der Waals surface area contributed by atoms with E-state index in [-0.39, 0.29) is 5.56 Å². The van der Waals surface area contributed by atoms with Gasteiger partial charge in [-0.15, -0.1) is 0 Å². The lowest BCUT2D eigenvalue weighted by Gasteiger charge is -2.31. The van der Waals surface area contributed by atoms with Gasteiger partial charge in [-0.25, -0.2) is 4.39 Å². The van der Waals surface area contributed by atoms with Gasteiger partial charge in [0.2, 0.25) is 0 Å². The van der Waals surface area contributed by atoms with Crippen molar-refractivity contribution in [1.82, 2.24) is 0 Å². The summed E-state index contributed by atoms with van der Waals surface area (Å²) in [5, 5.41) is 9.21. The van der Waals surface area contributed by atoms with Crippen LogP contribution in [0.2, 0.25) is 0 Å². The van der Waals surface area contributed by atoms with Crippen LogP contribution in [-0.4, -0.2) is 30.6 Å². The molecule has 0 aliphatic carbocycles. The summed E-state index contributed by atoms with van der Waals surface area (Å²) in [5.74, 6) is -2.15. The second-order valence-electron chi connectivity index (χ2n) is 4.58. The maximum Gasteiger partial charge on any atom is 0.415 e. The molecule has 3 unspecified atom stereocenters. The number of nitrogens with two attached hydrogens (primary N) is 1. The Kier molecular flexibility index (Phi) is 3.55. The van der Waals surface area contributed by atoms with Crippen LogP contribution in [0.1, 0.15) is 5.56 Å². The van der Waals surface area contributed by atoms with E-state index in [1.165, 1.54) is 18.2 Å². The molecule has 0 saturated carbocycles. The Hall–Kier alpha value is -1.18. The van der Waals surface area contributed by atoms with Crippen molar-refractivity contribution < 1.29 is 27.4 Å². The molecule has 3 nitrogen and oxygen atoms in total. The molecule has 1 fully saturated rings. The van der Waals surface area contributed by atoms with Gasteiger partial charge in [-0.1, -0.05) is 18.2 Å². The third kappa shape index (κ3) is 2.33. The lowest BCUT2D eigenvalue weighted by molar-refractivity contribution is -0.219. The van der Waals surface area contributed by atoms with Crippen molar-refractivity contribution >= 4 is 0 Å². The molecule has 19 heavy (non-hydrogen) atoms. The molecule has 0 amide bonds. The van der Waals surface area contributed by atoms with Crippen LogP contribution in [0.25, 0.3) is 0 Å². The second kappa shape index (κ2) is 4.73. The number of alkyl halides is 3. The van der Waals surface area contributed by atoms with E-state index < -0.39 is 42.8 Å². The first kappa shape index (κ1) is 14.2. The zero-order valence-corrected chi connectivity index (χ0v) is 9.82. The van der Waals surface area contributed by atoms with E-state index in [1.54, 1.807) is 0 Å². The number of ether oxygens (including phenoxy) is 1. The minimum atomic E-state index is -4.65. The fourth-order valence-electron chi connectivity index (χ4n) is 2.42. The first-order valence-electron chi connectivity index (χ1n) is 5.64. The minimum Gasteiger partial charge on any atom is -0.396 e. The molecule has 1 heterocycles. The molecule has 1 aromatic rings. The van der Waals surface area contributed by atoms with E-state index in [4.69, 9.17) is 5.73 Å². The van der Waals surface area contributed by atoms with Gasteiger partial charge in [0, 0.05) is 11.5 Å². The zero-order valence-electron chi connectivity index (χ0n) is 9.82. The van der Waals surface area contributed by atoms with Gasteiger partial charge in [0.1, 0.15) is 5.82 Å². The highest BCUT2D eigenvalue weighted by molar-refractivity contribution is 5.29. The van der Waals surface area contributed by atoms with Gasteiger partial charge < -0.3 is 15.6 Å². The summed E-state index contributed by atoms with van der Waals surface area (Å²) in [6, 6.07) is 5.30. The van der Waals surface area contributed by atoms with Crippen molar-refractivity contribution in [2.24, 2.45) is 11.7 Å². The Morgan fingerprint density at radius 1 is 1.37 bits per heavy atom. The Balaban J connectivity index is 2.42. The molecule has 7 heteroatoms. The molecule has 2 rings (SSSR count). The quantitative estimate of drug-likeness (QED) is 0.808. The van der Waals surface area contributed by atoms with E-state index in [9.17, 15) is 22.7 Å². The highest BCUT2D eigenvalue weighted by atomic mass is 19.4. The lowest BCUT2D eigenvalue weighted by Crippen LogP contribution is -2.50. The van der Waals surface area contributed by atoms with Gasteiger partial charge in [-0.05, 0) is 6.07 Å². The first-order chi connectivity index (χ1) is 8.80. The van der Waals surface area contributed by atoms with E-state index in [2.05, 4.69) is 4.74 Å². The molecule has 3 atom stereocenters. The van der Waals surface area contributed by atoms with Crippen molar-refractivity contribution in [3.8, 4) is 0 Å². The Labute approximate surface area is 107 Å². The first-order valence-corrected chi connectivity index (χ1v) is 5.64. The van der Waals surface area contributed by atoms with E-state index in [0.717, 1.165) is 6.07 Å². The van der Waals surface area contributed by atoms with Gasteiger partial charge in [-0.3, -0.25) is 0 Å². The normalized spacial score (nSPS) is 31.7. The SMILES string of the molecule is NC1(c2ccccc2F)COC(C(F)(F)F)C1CO. The topological polar surface area (TPSA) is 55.5 Å². The number of hydrogen-bond donors (Lipinski definition) is 2. The molecular formula is C12H13F4NO2. The number of aliphatic hydroxyl groups is 1. The van der Waals surface area contributed by atoms with Crippen LogP contribution in [0.15, 0.2) is 24.3 Å². The van der Waals surface area contributed by atoms with Crippen LogP contribution in [0, 0.1) is 11.7 Å². The van der Waals surface area contributed by atoms with Crippen LogP contribution < -0.4 is 5.73 Å². The number of hydrogen-bond acceptors (Lipinski definition) is 3. The largest absolute Gasteiger partial charge is 0.415 e. The van der Waals surface area contributed by atoms with E-state index in [0.29, 0.717) is 0 Å². The molecule has 1 saturated heterocycles. The summed E-state index contributed by atoms with van der Waals surface area (Å²) < 4.78 is 56.7. The van der Waals surface area contributed by atoms with Crippen LogP contribution in [0.5, 0.6) is 0 Å². The molecular weight excluding hydrogens is 266 g/mol. The van der Waals surface area contributed by atoms with Gasteiger partial charge in [0.05, 0.1) is 18.8 Å². The predicted molar refractivity (Wildman–Crippen MR) is 58.6 cm³/mol. The third-order valence-electron chi connectivity index (χ3n) is 3.42. The van der Waals surface area contributed by atoms with E-state index >= 15 is 0 Å². The Bertz CT molecular complexity index is 465. The summed E-state index contributed by atoms with van der Waals surface area (Å²) in [5.41, 5.74) is 4.12. The average Bonchev–Trinajstić information content (AvgIpc) is 2.67. The fraction of sp³-hybridized carbons (Fsp3) is 0.500. The molecule has 0 bridgehead atoms. The summed E-state index contributed by atoms with van der Waals surface area (Å²) in [6.07, 6.45) is -6.85. The molecule has 1 aliphatic rings. The number of rotatable bonds is 2. The van der Waals surface area contributed by atoms with Gasteiger partial charge in [-0.2, -0.15) is 13.2 Å². The molecule has 0 aromatic heterocycles. The van der Waals surface area contributed by atoms with Crippen LogP contribution in [-0.2, 0) is 10.3 Å². The van der Waals surface area contributed by atoms with E-state index in [1.807, 2.05) is 0 Å². The maximum atomic E-state index is 13.7. The summed E-state index contributed by atoms with van der Waals surface area (Å²) in [7, 11) is 0. The maximum absolute atomic E-state index is 13.7. The monoisotopic (exact) mass is 279 g/mol. The van der Waals surface area contributed by atoms with Gasteiger partial charge in [0.15, 0.2) is 6.10 Å². The van der Waals surface area contributed by atoms with Crippen molar-refractivity contribution in [3.05, 3.63) is 35.6 Å². The summed E-state index contributed by atoms with van der Waals surface area (Å²) >= 11 is 0. The molecule has 0 spiro atoms. The molecule has 0 radical (unpaired) electrons. The van der Waals surface area contributed by atoms with Crippen LogP contribution in [0.4, 0.5) is 17.6 Å². The lowest BCUT2D eigenvalue weighted by atomic mass is 9.78. The fourth-order valence-corrected chi connectivity index (χ4v) is 2.42. The minimum absolute atomic E-state index is 0.0826. The molecule has 3 N–H and O–H groups in total. The van der Waals surface area contributed by atoms with Crippen molar-refractivity contribution in [1.29, 1.82) is 0 Å². The molecule has 1 aliphatic heterocycles. The second-order valence-corrected chi connectivity index (χ2v) is 4.58. The number of halogens is 4. The Morgan fingerprint density at radius 2 is 2.00 bits per heavy atom. The van der Waals surface area contributed by atoms with Gasteiger partial charge in [0.25, 0.3) is 0 Å². The standard InChI is InChI=1S/C12H13F4NO2/c13-9-4-2-1-3-7(9)11(17)6-19-10(8(11)5-18)12(14,15)16/h1-4,8,10,18H,5-6,17H2. The average molecular weight is 279 g/mol. The highest BCUT2D eigenvalue weighted by Gasteiger charge is 2.58.